The van der Waals surface area contributed by atoms with Crippen molar-refractivity contribution in [2.45, 2.75) is 65.3 Å². The van der Waals surface area contributed by atoms with Crippen LogP contribution in [0.5, 0.6) is 0 Å². The molecule has 134 valence electrons. The Labute approximate surface area is 149 Å². The van der Waals surface area contributed by atoms with Gasteiger partial charge in [0.1, 0.15) is 0 Å². The van der Waals surface area contributed by atoms with E-state index in [4.69, 9.17) is 0 Å². The standard InChI is InChI=1S/C19H30N2O2S/c1-14-12-16(15(2)24-14)17(22)8-9-18(23)20-13-19(3,4)21-10-6-5-7-11-21/h12H,5-11,13H2,1-4H3,(H,20,23). The topological polar surface area (TPSA) is 49.4 Å². The molecule has 1 fully saturated rings. The van der Waals surface area contributed by atoms with Crippen LogP contribution in [-0.4, -0.2) is 41.8 Å². The molecule has 1 aromatic heterocycles. The van der Waals surface area contributed by atoms with Crippen LogP contribution < -0.4 is 5.32 Å². The molecule has 0 unspecified atom stereocenters. The molecule has 4 nitrogen and oxygen atoms in total. The predicted octanol–water partition coefficient (Wildman–Crippen LogP) is 3.71. The Bertz CT molecular complexity index is 586. The monoisotopic (exact) mass is 350 g/mol. The Morgan fingerprint density at radius 3 is 2.42 bits per heavy atom. The molecule has 1 saturated heterocycles. The first kappa shape index (κ1) is 19.1. The molecule has 24 heavy (non-hydrogen) atoms. The number of thiophene rings is 1. The minimum absolute atomic E-state index is 0.0266. The molecule has 0 saturated carbocycles. The first-order chi connectivity index (χ1) is 11.3. The number of hydrogen-bond acceptors (Lipinski definition) is 4. The molecule has 0 aromatic carbocycles. The van der Waals surface area contributed by atoms with Crippen molar-refractivity contribution >= 4 is 23.0 Å². The lowest BCUT2D eigenvalue weighted by Crippen LogP contribution is -2.53. The fourth-order valence-electron chi connectivity index (χ4n) is 3.28. The van der Waals surface area contributed by atoms with Crippen molar-refractivity contribution in [1.82, 2.24) is 10.2 Å². The molecule has 1 amide bonds. The van der Waals surface area contributed by atoms with Crippen molar-refractivity contribution in [1.29, 1.82) is 0 Å². The van der Waals surface area contributed by atoms with Crippen molar-refractivity contribution < 1.29 is 9.59 Å². The third kappa shape index (κ3) is 5.15. The van der Waals surface area contributed by atoms with E-state index in [2.05, 4.69) is 24.1 Å². The Morgan fingerprint density at radius 2 is 1.83 bits per heavy atom. The van der Waals surface area contributed by atoms with Crippen LogP contribution in [0.2, 0.25) is 0 Å². The van der Waals surface area contributed by atoms with Crippen molar-refractivity contribution in [2.75, 3.05) is 19.6 Å². The van der Waals surface area contributed by atoms with Gasteiger partial charge < -0.3 is 5.32 Å². The van der Waals surface area contributed by atoms with E-state index in [0.29, 0.717) is 6.54 Å². The van der Waals surface area contributed by atoms with Gasteiger partial charge in [-0.3, -0.25) is 14.5 Å². The van der Waals surface area contributed by atoms with Crippen LogP contribution in [0.15, 0.2) is 6.07 Å². The second kappa shape index (κ2) is 8.26. The Hall–Kier alpha value is -1.20. The summed E-state index contributed by atoms with van der Waals surface area (Å²) in [5.41, 5.74) is 0.750. The van der Waals surface area contributed by atoms with E-state index in [1.54, 1.807) is 11.3 Å². The van der Waals surface area contributed by atoms with Gasteiger partial charge >= 0.3 is 0 Å². The number of nitrogens with zero attached hydrogens (tertiary/aromatic N) is 1. The molecule has 1 aliphatic rings. The van der Waals surface area contributed by atoms with Gasteiger partial charge in [-0.1, -0.05) is 6.42 Å². The Morgan fingerprint density at radius 1 is 1.17 bits per heavy atom. The van der Waals surface area contributed by atoms with E-state index in [1.807, 2.05) is 19.9 Å². The highest BCUT2D eigenvalue weighted by Crippen LogP contribution is 2.22. The minimum Gasteiger partial charge on any atom is -0.354 e. The summed E-state index contributed by atoms with van der Waals surface area (Å²) in [5, 5.41) is 3.02. The highest BCUT2D eigenvalue weighted by molar-refractivity contribution is 7.12. The number of carbonyl (C=O) groups is 2. The van der Waals surface area contributed by atoms with Crippen LogP contribution in [0.3, 0.4) is 0 Å². The van der Waals surface area contributed by atoms with Crippen molar-refractivity contribution in [3.63, 3.8) is 0 Å². The van der Waals surface area contributed by atoms with Crippen LogP contribution in [-0.2, 0) is 4.79 Å². The van der Waals surface area contributed by atoms with Gasteiger partial charge in [-0.05, 0) is 59.7 Å². The average Bonchev–Trinajstić information content (AvgIpc) is 2.90. The van der Waals surface area contributed by atoms with Gasteiger partial charge in [0.25, 0.3) is 0 Å². The lowest BCUT2D eigenvalue weighted by molar-refractivity contribution is -0.121. The van der Waals surface area contributed by atoms with Gasteiger partial charge in [0.15, 0.2) is 5.78 Å². The van der Waals surface area contributed by atoms with E-state index in [9.17, 15) is 9.59 Å². The quantitative estimate of drug-likeness (QED) is 0.763. The van der Waals surface area contributed by atoms with Gasteiger partial charge in [-0.2, -0.15) is 0 Å². The summed E-state index contributed by atoms with van der Waals surface area (Å²) < 4.78 is 0. The van der Waals surface area contributed by atoms with Crippen LogP contribution >= 0.6 is 11.3 Å². The van der Waals surface area contributed by atoms with Gasteiger partial charge in [0.2, 0.25) is 5.91 Å². The summed E-state index contributed by atoms with van der Waals surface area (Å²) in [7, 11) is 0. The zero-order valence-corrected chi connectivity index (χ0v) is 16.2. The van der Waals surface area contributed by atoms with E-state index in [1.165, 1.54) is 19.3 Å². The summed E-state index contributed by atoms with van der Waals surface area (Å²) in [6.07, 6.45) is 4.34. The number of carbonyl (C=O) groups excluding carboxylic acids is 2. The number of piperidine rings is 1. The fourth-order valence-corrected chi connectivity index (χ4v) is 4.23. The van der Waals surface area contributed by atoms with Gasteiger partial charge in [-0.25, -0.2) is 0 Å². The first-order valence-electron chi connectivity index (χ1n) is 8.91. The number of rotatable bonds is 7. The van der Waals surface area contributed by atoms with Crippen molar-refractivity contribution in [2.24, 2.45) is 0 Å². The van der Waals surface area contributed by atoms with Crippen molar-refractivity contribution in [3.8, 4) is 0 Å². The summed E-state index contributed by atoms with van der Waals surface area (Å²) in [6, 6.07) is 1.93. The maximum atomic E-state index is 12.3. The lowest BCUT2D eigenvalue weighted by atomic mass is 9.98. The lowest BCUT2D eigenvalue weighted by Gasteiger charge is -2.41. The highest BCUT2D eigenvalue weighted by Gasteiger charge is 2.28. The number of Topliss-reactive ketones (excluding diaryl/α,β-unsaturated/α-hetero) is 1. The number of ketones is 1. The molecule has 0 spiro atoms. The van der Waals surface area contributed by atoms with Gasteiger partial charge in [-0.15, -0.1) is 11.3 Å². The molecule has 2 heterocycles. The SMILES string of the molecule is Cc1cc(C(=O)CCC(=O)NCC(C)(C)N2CCCCC2)c(C)s1. The van der Waals surface area contributed by atoms with Gasteiger partial charge in [0, 0.05) is 40.2 Å². The second-order valence-corrected chi connectivity index (χ2v) is 8.85. The molecule has 0 atom stereocenters. The highest BCUT2D eigenvalue weighted by atomic mass is 32.1. The summed E-state index contributed by atoms with van der Waals surface area (Å²) in [5.74, 6) is 0.0420. The van der Waals surface area contributed by atoms with Crippen LogP contribution in [0.1, 0.15) is 66.1 Å². The number of hydrogen-bond donors (Lipinski definition) is 1. The number of likely N-dealkylation sites (tertiary alicyclic amines) is 1. The number of amides is 1. The minimum atomic E-state index is -0.0296. The smallest absolute Gasteiger partial charge is 0.220 e. The average molecular weight is 351 g/mol. The van der Waals surface area contributed by atoms with E-state index >= 15 is 0 Å². The number of nitrogens with one attached hydrogen (secondary N) is 1. The molecule has 0 bridgehead atoms. The van der Waals surface area contributed by atoms with Crippen LogP contribution in [0, 0.1) is 13.8 Å². The van der Waals surface area contributed by atoms with E-state index in [0.717, 1.165) is 28.4 Å². The normalized spacial score (nSPS) is 16.2. The molecule has 0 aliphatic carbocycles. The molecule has 1 aromatic rings. The number of aryl methyl sites for hydroxylation is 2. The third-order valence-electron chi connectivity index (χ3n) is 4.85. The van der Waals surface area contributed by atoms with Crippen LogP contribution in [0.25, 0.3) is 0 Å². The summed E-state index contributed by atoms with van der Waals surface area (Å²) in [4.78, 5) is 29.0. The second-order valence-electron chi connectivity index (χ2n) is 7.39. The largest absolute Gasteiger partial charge is 0.354 e. The Balaban J connectivity index is 1.76. The molecular formula is C19H30N2O2S. The Kier molecular flexibility index (Phi) is 6.58. The maximum absolute atomic E-state index is 12.3. The molecule has 1 aliphatic heterocycles. The third-order valence-corrected chi connectivity index (χ3v) is 5.82. The molecule has 0 radical (unpaired) electrons. The predicted molar refractivity (Wildman–Crippen MR) is 99.9 cm³/mol. The van der Waals surface area contributed by atoms with Gasteiger partial charge in [0.05, 0.1) is 0 Å². The molecule has 2 rings (SSSR count). The van der Waals surface area contributed by atoms with Crippen LogP contribution in [0.4, 0.5) is 0 Å². The first-order valence-corrected chi connectivity index (χ1v) is 9.73. The zero-order chi connectivity index (χ0) is 17.7. The molecule has 1 N–H and O–H groups in total. The maximum Gasteiger partial charge on any atom is 0.220 e. The molecule has 5 heteroatoms. The summed E-state index contributed by atoms with van der Waals surface area (Å²) in [6.45, 7) is 11.2. The van der Waals surface area contributed by atoms with E-state index in [-0.39, 0.29) is 30.1 Å². The van der Waals surface area contributed by atoms with Crippen molar-refractivity contribution in [3.05, 3.63) is 21.4 Å². The molecular weight excluding hydrogens is 320 g/mol. The summed E-state index contributed by atoms with van der Waals surface area (Å²) >= 11 is 1.63. The fraction of sp³-hybridized carbons (Fsp3) is 0.684. The van der Waals surface area contributed by atoms with E-state index < -0.39 is 0 Å². The zero-order valence-electron chi connectivity index (χ0n) is 15.4.